The first-order valence-corrected chi connectivity index (χ1v) is 12.8. The largest absolute Gasteiger partial charge is 0.497 e. The zero-order chi connectivity index (χ0) is 26.0. The van der Waals surface area contributed by atoms with E-state index in [1.807, 2.05) is 59.5 Å². The molecule has 0 aromatic heterocycles. The smallest absolute Gasteiger partial charge is 0.253 e. The van der Waals surface area contributed by atoms with Gasteiger partial charge in [-0.2, -0.15) is 0 Å². The minimum Gasteiger partial charge on any atom is -0.497 e. The topological polar surface area (TPSA) is 90.9 Å². The van der Waals surface area contributed by atoms with Crippen molar-refractivity contribution in [2.45, 2.75) is 38.0 Å². The number of aliphatic hydroxyl groups excluding tert-OH is 1. The molecule has 2 amide bonds. The Morgan fingerprint density at radius 2 is 1.62 bits per heavy atom. The molecule has 0 unspecified atom stereocenters. The van der Waals surface area contributed by atoms with Gasteiger partial charge in [-0.15, -0.1) is 0 Å². The molecule has 1 aliphatic rings. The molecule has 1 aliphatic heterocycles. The predicted octanol–water partition coefficient (Wildman–Crippen LogP) is 3.42. The standard InChI is InChI=1S/C30H35N3O4/c1-37-26-14-7-11-23(17-26)20-31-21-28(34)27(18-22-9-3-2-4-10-22)32-29(35)24-12-8-13-25(19-24)30(36)33-15-5-6-16-33/h2-4,7-14,17,19,27-28,31,34H,5-6,15-16,18,20-21H2,1H3,(H,32,35)/t27-,28+/m0/s1. The molecule has 7 heteroatoms. The van der Waals surface area contributed by atoms with Crippen molar-refractivity contribution in [3.63, 3.8) is 0 Å². The SMILES string of the molecule is COc1cccc(CNC[C@@H](O)[C@H](Cc2ccccc2)NC(=O)c2cccc(C(=O)N3CCCC3)c2)c1. The van der Waals surface area contributed by atoms with Crippen LogP contribution in [0, 0.1) is 0 Å². The van der Waals surface area contributed by atoms with Crippen LogP contribution in [-0.4, -0.2) is 60.7 Å². The van der Waals surface area contributed by atoms with Gasteiger partial charge in [-0.25, -0.2) is 0 Å². The van der Waals surface area contributed by atoms with Gasteiger partial charge in [0.25, 0.3) is 11.8 Å². The molecule has 0 bridgehead atoms. The highest BCUT2D eigenvalue weighted by atomic mass is 16.5. The molecule has 0 spiro atoms. The number of methoxy groups -OCH3 is 1. The quantitative estimate of drug-likeness (QED) is 0.375. The van der Waals surface area contributed by atoms with Gasteiger partial charge in [0.15, 0.2) is 0 Å². The highest BCUT2D eigenvalue weighted by molar-refractivity contribution is 5.99. The second-order valence-electron chi connectivity index (χ2n) is 9.40. The number of nitrogens with one attached hydrogen (secondary N) is 2. The van der Waals surface area contributed by atoms with E-state index in [1.54, 1.807) is 31.4 Å². The number of benzene rings is 3. The monoisotopic (exact) mass is 501 g/mol. The fraction of sp³-hybridized carbons (Fsp3) is 0.333. The number of aliphatic hydroxyl groups is 1. The number of ether oxygens (including phenoxy) is 1. The van der Waals surface area contributed by atoms with E-state index in [9.17, 15) is 14.7 Å². The molecule has 3 aromatic rings. The van der Waals surface area contributed by atoms with Crippen LogP contribution in [0.5, 0.6) is 5.75 Å². The lowest BCUT2D eigenvalue weighted by atomic mass is 10.00. The van der Waals surface area contributed by atoms with Crippen molar-refractivity contribution in [1.82, 2.24) is 15.5 Å². The molecule has 2 atom stereocenters. The molecule has 37 heavy (non-hydrogen) atoms. The fourth-order valence-electron chi connectivity index (χ4n) is 4.59. The van der Waals surface area contributed by atoms with Gasteiger partial charge < -0.3 is 25.4 Å². The predicted molar refractivity (Wildman–Crippen MR) is 144 cm³/mol. The van der Waals surface area contributed by atoms with E-state index in [4.69, 9.17) is 4.74 Å². The molecule has 1 fully saturated rings. The summed E-state index contributed by atoms with van der Waals surface area (Å²) in [5.41, 5.74) is 2.96. The molecule has 1 saturated heterocycles. The van der Waals surface area contributed by atoms with Gasteiger partial charge in [0, 0.05) is 37.3 Å². The Kier molecular flexibility index (Phi) is 9.29. The number of hydrogen-bond donors (Lipinski definition) is 3. The number of carbonyl (C=O) groups is 2. The highest BCUT2D eigenvalue weighted by Gasteiger charge is 2.24. The van der Waals surface area contributed by atoms with Gasteiger partial charge in [-0.05, 0) is 60.7 Å². The van der Waals surface area contributed by atoms with Gasteiger partial charge in [0.2, 0.25) is 0 Å². The number of hydrogen-bond acceptors (Lipinski definition) is 5. The van der Waals surface area contributed by atoms with Crippen LogP contribution in [-0.2, 0) is 13.0 Å². The summed E-state index contributed by atoms with van der Waals surface area (Å²) < 4.78 is 5.28. The maximum atomic E-state index is 13.2. The number of amides is 2. The maximum absolute atomic E-state index is 13.2. The van der Waals surface area contributed by atoms with Crippen molar-refractivity contribution in [1.29, 1.82) is 0 Å². The Morgan fingerprint density at radius 1 is 0.919 bits per heavy atom. The van der Waals surface area contributed by atoms with E-state index in [0.717, 1.165) is 42.8 Å². The fourth-order valence-corrected chi connectivity index (χ4v) is 4.59. The number of nitrogens with zero attached hydrogens (tertiary/aromatic N) is 1. The van der Waals surface area contributed by atoms with Crippen LogP contribution in [0.3, 0.4) is 0 Å². The minimum atomic E-state index is -0.829. The Balaban J connectivity index is 1.42. The number of rotatable bonds is 11. The Labute approximate surface area is 218 Å². The maximum Gasteiger partial charge on any atom is 0.253 e. The van der Waals surface area contributed by atoms with Crippen LogP contribution < -0.4 is 15.4 Å². The van der Waals surface area contributed by atoms with Crippen LogP contribution >= 0.6 is 0 Å². The molecule has 3 aromatic carbocycles. The lowest BCUT2D eigenvalue weighted by Gasteiger charge is -2.25. The van der Waals surface area contributed by atoms with E-state index < -0.39 is 12.1 Å². The minimum absolute atomic E-state index is 0.0465. The molecule has 1 heterocycles. The van der Waals surface area contributed by atoms with Crippen molar-refractivity contribution in [3.8, 4) is 5.75 Å². The van der Waals surface area contributed by atoms with Crippen LogP contribution in [0.1, 0.15) is 44.7 Å². The van der Waals surface area contributed by atoms with Gasteiger partial charge in [0.1, 0.15) is 5.75 Å². The number of carbonyl (C=O) groups excluding carboxylic acids is 2. The second kappa shape index (κ2) is 13.0. The zero-order valence-corrected chi connectivity index (χ0v) is 21.2. The van der Waals surface area contributed by atoms with E-state index in [-0.39, 0.29) is 11.8 Å². The Hall–Kier alpha value is -3.68. The Bertz CT molecular complexity index is 1180. The molecule has 0 saturated carbocycles. The summed E-state index contributed by atoms with van der Waals surface area (Å²) in [6, 6.07) is 23.8. The van der Waals surface area contributed by atoms with Crippen molar-refractivity contribution < 1.29 is 19.4 Å². The lowest BCUT2D eigenvalue weighted by Crippen LogP contribution is -2.48. The van der Waals surface area contributed by atoms with E-state index in [2.05, 4.69) is 10.6 Å². The van der Waals surface area contributed by atoms with Gasteiger partial charge in [-0.1, -0.05) is 48.5 Å². The van der Waals surface area contributed by atoms with Gasteiger partial charge >= 0.3 is 0 Å². The van der Waals surface area contributed by atoms with Crippen molar-refractivity contribution >= 4 is 11.8 Å². The molecular formula is C30H35N3O4. The zero-order valence-electron chi connectivity index (χ0n) is 21.2. The average molecular weight is 502 g/mol. The van der Waals surface area contributed by atoms with Crippen LogP contribution in [0.4, 0.5) is 0 Å². The molecule has 0 radical (unpaired) electrons. The highest BCUT2D eigenvalue weighted by Crippen LogP contribution is 2.16. The van der Waals surface area contributed by atoms with Crippen molar-refractivity contribution in [3.05, 3.63) is 101 Å². The molecule has 194 valence electrons. The van der Waals surface area contributed by atoms with Gasteiger partial charge in [0.05, 0.1) is 19.3 Å². The normalized spacial score (nSPS) is 14.7. The molecule has 3 N–H and O–H groups in total. The van der Waals surface area contributed by atoms with Crippen LogP contribution in [0.15, 0.2) is 78.9 Å². The third kappa shape index (κ3) is 7.41. The first-order valence-electron chi connectivity index (χ1n) is 12.8. The molecule has 0 aliphatic carbocycles. The lowest BCUT2D eigenvalue weighted by molar-refractivity contribution is 0.0792. The van der Waals surface area contributed by atoms with Crippen molar-refractivity contribution in [2.24, 2.45) is 0 Å². The summed E-state index contributed by atoms with van der Waals surface area (Å²) in [4.78, 5) is 27.9. The van der Waals surface area contributed by atoms with Crippen LogP contribution in [0.25, 0.3) is 0 Å². The summed E-state index contributed by atoms with van der Waals surface area (Å²) in [6.07, 6.45) is 1.67. The summed E-state index contributed by atoms with van der Waals surface area (Å²) in [7, 11) is 1.63. The third-order valence-corrected chi connectivity index (χ3v) is 6.66. The summed E-state index contributed by atoms with van der Waals surface area (Å²) in [5.74, 6) is 0.415. The van der Waals surface area contributed by atoms with Gasteiger partial charge in [-0.3, -0.25) is 9.59 Å². The van der Waals surface area contributed by atoms with E-state index in [1.165, 1.54) is 0 Å². The molecule has 4 rings (SSSR count). The first kappa shape index (κ1) is 26.4. The molecular weight excluding hydrogens is 466 g/mol. The average Bonchev–Trinajstić information content (AvgIpc) is 3.48. The van der Waals surface area contributed by atoms with E-state index in [0.29, 0.717) is 30.6 Å². The summed E-state index contributed by atoms with van der Waals surface area (Å²) >= 11 is 0. The first-order chi connectivity index (χ1) is 18.0. The number of likely N-dealkylation sites (tertiary alicyclic amines) is 1. The Morgan fingerprint density at radius 3 is 2.38 bits per heavy atom. The summed E-state index contributed by atoms with van der Waals surface area (Å²) in [5, 5.41) is 17.4. The second-order valence-corrected chi connectivity index (χ2v) is 9.40. The third-order valence-electron chi connectivity index (χ3n) is 6.66. The molecule has 7 nitrogen and oxygen atoms in total. The van der Waals surface area contributed by atoms with Crippen LogP contribution in [0.2, 0.25) is 0 Å². The van der Waals surface area contributed by atoms with E-state index >= 15 is 0 Å². The van der Waals surface area contributed by atoms with Crippen molar-refractivity contribution in [2.75, 3.05) is 26.7 Å². The summed E-state index contributed by atoms with van der Waals surface area (Å²) in [6.45, 7) is 2.36.